The van der Waals surface area contributed by atoms with Gasteiger partial charge in [-0.3, -0.25) is 10.2 Å². The fourth-order valence-electron chi connectivity index (χ4n) is 2.97. The summed E-state index contributed by atoms with van der Waals surface area (Å²) in [5, 5.41) is 11.1. The van der Waals surface area contributed by atoms with E-state index in [-0.39, 0.29) is 17.5 Å². The third-order valence-electron chi connectivity index (χ3n) is 3.88. The SMILES string of the molecule is CC(C)(C)N1CCc2[nH]c(NC(=O)O)nc2C1c1ccco1. The van der Waals surface area contributed by atoms with Gasteiger partial charge in [0.2, 0.25) is 5.95 Å². The van der Waals surface area contributed by atoms with Gasteiger partial charge in [-0.15, -0.1) is 0 Å². The van der Waals surface area contributed by atoms with Crippen molar-refractivity contribution in [3.63, 3.8) is 0 Å². The van der Waals surface area contributed by atoms with Gasteiger partial charge in [0.05, 0.1) is 12.0 Å². The van der Waals surface area contributed by atoms with Crippen molar-refractivity contribution in [2.24, 2.45) is 0 Å². The maximum absolute atomic E-state index is 10.8. The van der Waals surface area contributed by atoms with Crippen LogP contribution in [-0.2, 0) is 6.42 Å². The number of nitrogens with zero attached hydrogens (tertiary/aromatic N) is 2. The minimum Gasteiger partial charge on any atom is -0.467 e. The van der Waals surface area contributed by atoms with Gasteiger partial charge in [0.15, 0.2) is 0 Å². The van der Waals surface area contributed by atoms with E-state index in [1.807, 2.05) is 12.1 Å². The Labute approximate surface area is 128 Å². The fourth-order valence-corrected chi connectivity index (χ4v) is 2.97. The number of anilines is 1. The Balaban J connectivity index is 2.05. The van der Waals surface area contributed by atoms with Crippen LogP contribution < -0.4 is 5.32 Å². The summed E-state index contributed by atoms with van der Waals surface area (Å²) in [6.07, 6.45) is 1.30. The van der Waals surface area contributed by atoms with Gasteiger partial charge in [-0.2, -0.15) is 0 Å². The van der Waals surface area contributed by atoms with E-state index in [4.69, 9.17) is 9.52 Å². The van der Waals surface area contributed by atoms with Crippen LogP contribution in [0.25, 0.3) is 0 Å². The summed E-state index contributed by atoms with van der Waals surface area (Å²) >= 11 is 0. The Kier molecular flexibility index (Phi) is 3.44. The first kappa shape index (κ1) is 14.6. The van der Waals surface area contributed by atoms with E-state index < -0.39 is 6.09 Å². The minimum absolute atomic E-state index is 0.0610. The average molecular weight is 304 g/mol. The number of rotatable bonds is 2. The van der Waals surface area contributed by atoms with Gasteiger partial charge < -0.3 is 14.5 Å². The average Bonchev–Trinajstić information content (AvgIpc) is 3.03. The van der Waals surface area contributed by atoms with Crippen LogP contribution in [0, 0.1) is 0 Å². The molecule has 0 aliphatic carbocycles. The van der Waals surface area contributed by atoms with Crippen molar-refractivity contribution in [3.05, 3.63) is 35.5 Å². The highest BCUT2D eigenvalue weighted by Gasteiger charge is 2.39. The molecule has 7 nitrogen and oxygen atoms in total. The largest absolute Gasteiger partial charge is 0.467 e. The molecule has 2 aromatic heterocycles. The van der Waals surface area contributed by atoms with Crippen LogP contribution in [0.5, 0.6) is 0 Å². The van der Waals surface area contributed by atoms with E-state index in [2.05, 4.69) is 41.0 Å². The highest BCUT2D eigenvalue weighted by atomic mass is 16.4. The topological polar surface area (TPSA) is 94.4 Å². The molecule has 22 heavy (non-hydrogen) atoms. The van der Waals surface area contributed by atoms with Crippen LogP contribution >= 0.6 is 0 Å². The van der Waals surface area contributed by atoms with Crippen LogP contribution in [0.3, 0.4) is 0 Å². The third kappa shape index (κ3) is 2.59. The number of H-pyrrole nitrogens is 1. The number of aromatic amines is 1. The maximum Gasteiger partial charge on any atom is 0.411 e. The molecule has 1 atom stereocenters. The molecular formula is C15H20N4O3. The van der Waals surface area contributed by atoms with Crippen molar-refractivity contribution in [1.29, 1.82) is 0 Å². The first-order valence-corrected chi connectivity index (χ1v) is 7.25. The molecule has 0 spiro atoms. The van der Waals surface area contributed by atoms with Crippen molar-refractivity contribution >= 4 is 12.0 Å². The van der Waals surface area contributed by atoms with Crippen LogP contribution in [0.4, 0.5) is 10.7 Å². The number of amides is 1. The molecule has 0 aromatic carbocycles. The molecule has 0 fully saturated rings. The van der Waals surface area contributed by atoms with Crippen molar-refractivity contribution in [2.45, 2.75) is 38.8 Å². The number of furan rings is 1. The zero-order valence-corrected chi connectivity index (χ0v) is 12.9. The van der Waals surface area contributed by atoms with Crippen LogP contribution in [0.15, 0.2) is 22.8 Å². The molecule has 3 N–H and O–H groups in total. The Hall–Kier alpha value is -2.28. The lowest BCUT2D eigenvalue weighted by Gasteiger charge is -2.42. The van der Waals surface area contributed by atoms with Crippen molar-refractivity contribution in [2.75, 3.05) is 11.9 Å². The lowest BCUT2D eigenvalue weighted by atomic mass is 9.94. The summed E-state index contributed by atoms with van der Waals surface area (Å²) in [6, 6.07) is 3.66. The molecule has 0 saturated heterocycles. The number of hydrogen-bond donors (Lipinski definition) is 3. The predicted molar refractivity (Wildman–Crippen MR) is 80.9 cm³/mol. The van der Waals surface area contributed by atoms with E-state index in [0.29, 0.717) is 0 Å². The number of imidazole rings is 1. The van der Waals surface area contributed by atoms with E-state index in [9.17, 15) is 4.79 Å². The number of fused-ring (bicyclic) bond motifs is 1. The lowest BCUT2D eigenvalue weighted by Crippen LogP contribution is -2.47. The van der Waals surface area contributed by atoms with Gasteiger partial charge in [0.1, 0.15) is 11.8 Å². The maximum atomic E-state index is 10.8. The number of carbonyl (C=O) groups is 1. The Morgan fingerprint density at radius 2 is 2.32 bits per heavy atom. The Bertz CT molecular complexity index is 670. The Morgan fingerprint density at radius 1 is 1.55 bits per heavy atom. The van der Waals surface area contributed by atoms with Gasteiger partial charge in [0.25, 0.3) is 0 Å². The number of aromatic nitrogens is 2. The molecule has 2 aromatic rings. The summed E-state index contributed by atoms with van der Waals surface area (Å²) in [5.74, 6) is 1.06. The second-order valence-electron chi connectivity index (χ2n) is 6.41. The van der Waals surface area contributed by atoms with E-state index >= 15 is 0 Å². The molecule has 0 bridgehead atoms. The van der Waals surface area contributed by atoms with Crippen molar-refractivity contribution in [3.8, 4) is 0 Å². The van der Waals surface area contributed by atoms with Gasteiger partial charge in [-0.1, -0.05) is 0 Å². The fraction of sp³-hybridized carbons (Fsp3) is 0.467. The smallest absolute Gasteiger partial charge is 0.411 e. The standard InChI is InChI=1S/C15H20N4O3/c1-15(2,3)19-7-6-9-11(12(19)10-5-4-8-22-10)17-13(16-9)18-14(20)21/h4-5,8,12H,6-7H2,1-3H3,(H,20,21)(H2,16,17,18). The zero-order chi connectivity index (χ0) is 15.9. The molecule has 0 saturated carbocycles. The monoisotopic (exact) mass is 304 g/mol. The second-order valence-corrected chi connectivity index (χ2v) is 6.41. The molecule has 1 aliphatic rings. The molecule has 118 valence electrons. The van der Waals surface area contributed by atoms with E-state index in [1.165, 1.54) is 0 Å². The predicted octanol–water partition coefficient (Wildman–Crippen LogP) is 2.84. The highest BCUT2D eigenvalue weighted by Crippen LogP contribution is 2.38. The van der Waals surface area contributed by atoms with Crippen molar-refractivity contribution < 1.29 is 14.3 Å². The molecule has 1 unspecified atom stereocenters. The number of carboxylic acid groups (broad SMARTS) is 1. The number of nitrogens with one attached hydrogen (secondary N) is 2. The molecular weight excluding hydrogens is 284 g/mol. The Morgan fingerprint density at radius 3 is 2.91 bits per heavy atom. The molecule has 3 heterocycles. The van der Waals surface area contributed by atoms with Gasteiger partial charge >= 0.3 is 6.09 Å². The lowest BCUT2D eigenvalue weighted by molar-refractivity contribution is 0.0790. The van der Waals surface area contributed by atoms with Crippen LogP contribution in [0.1, 0.15) is 44.0 Å². The first-order chi connectivity index (χ1) is 10.4. The number of hydrogen-bond acceptors (Lipinski definition) is 4. The normalized spacial score (nSPS) is 19.0. The molecule has 1 amide bonds. The zero-order valence-electron chi connectivity index (χ0n) is 12.9. The summed E-state index contributed by atoms with van der Waals surface area (Å²) in [6.45, 7) is 7.29. The first-order valence-electron chi connectivity index (χ1n) is 7.25. The quantitative estimate of drug-likeness (QED) is 0.793. The van der Waals surface area contributed by atoms with Crippen molar-refractivity contribution in [1.82, 2.24) is 14.9 Å². The summed E-state index contributed by atoms with van der Waals surface area (Å²) in [5.41, 5.74) is 1.71. The minimum atomic E-state index is -1.13. The van der Waals surface area contributed by atoms with Crippen LogP contribution in [0.2, 0.25) is 0 Å². The summed E-state index contributed by atoms with van der Waals surface area (Å²) < 4.78 is 5.61. The summed E-state index contributed by atoms with van der Waals surface area (Å²) in [4.78, 5) is 20.6. The summed E-state index contributed by atoms with van der Waals surface area (Å²) in [7, 11) is 0. The third-order valence-corrected chi connectivity index (χ3v) is 3.88. The van der Waals surface area contributed by atoms with Crippen LogP contribution in [-0.4, -0.2) is 38.2 Å². The molecule has 0 radical (unpaired) electrons. The van der Waals surface area contributed by atoms with Gasteiger partial charge in [0, 0.05) is 24.2 Å². The molecule has 3 rings (SSSR count). The van der Waals surface area contributed by atoms with E-state index in [1.54, 1.807) is 6.26 Å². The van der Waals surface area contributed by atoms with Gasteiger partial charge in [-0.05, 0) is 32.9 Å². The van der Waals surface area contributed by atoms with E-state index in [0.717, 1.165) is 30.1 Å². The second kappa shape index (κ2) is 5.17. The molecule has 7 heteroatoms. The van der Waals surface area contributed by atoms with Gasteiger partial charge in [-0.25, -0.2) is 9.78 Å². The highest BCUT2D eigenvalue weighted by molar-refractivity contribution is 5.80. The molecule has 1 aliphatic heterocycles.